The lowest BCUT2D eigenvalue weighted by molar-refractivity contribution is -0.265. The maximum absolute atomic E-state index is 14.3. The van der Waals surface area contributed by atoms with Crippen molar-refractivity contribution in [1.82, 2.24) is 4.90 Å². The van der Waals surface area contributed by atoms with E-state index in [-0.39, 0.29) is 73.6 Å². The summed E-state index contributed by atoms with van der Waals surface area (Å²) < 4.78 is 17.8. The van der Waals surface area contributed by atoms with Gasteiger partial charge >= 0.3 is 5.97 Å². The Morgan fingerprint density at radius 3 is 2.27 bits per heavy atom. The first-order valence-corrected chi connectivity index (χ1v) is 23.0. The summed E-state index contributed by atoms with van der Waals surface area (Å²) in [7, 11) is 1.56. The van der Waals surface area contributed by atoms with Crippen LogP contribution in [0.25, 0.3) is 0 Å². The minimum absolute atomic E-state index is 0.0622. The van der Waals surface area contributed by atoms with Crippen molar-refractivity contribution in [3.8, 4) is 0 Å². The van der Waals surface area contributed by atoms with Gasteiger partial charge in [0.15, 0.2) is 0 Å². The number of hydrogen-bond donors (Lipinski definition) is 4. The molecule has 4 aliphatic rings. The van der Waals surface area contributed by atoms with Crippen LogP contribution < -0.4 is 0 Å². The van der Waals surface area contributed by atoms with Crippen LogP contribution in [0.1, 0.15) is 132 Å². The number of rotatable bonds is 4. The predicted molar refractivity (Wildman–Crippen MR) is 234 cm³/mol. The zero-order valence-corrected chi connectivity index (χ0v) is 38.4. The van der Waals surface area contributed by atoms with E-state index in [1.807, 2.05) is 39.0 Å². The van der Waals surface area contributed by atoms with Crippen LogP contribution in [-0.2, 0) is 38.2 Å². The number of esters is 1. The topological polar surface area (TPSA) is 197 Å². The van der Waals surface area contributed by atoms with Crippen molar-refractivity contribution < 1.29 is 58.6 Å². The monoisotopic (exact) mass is 870 g/mol. The summed E-state index contributed by atoms with van der Waals surface area (Å²) in [5.41, 5.74) is 1.12. The number of allylic oxidation sites excluding steroid dienone is 6. The summed E-state index contributed by atoms with van der Waals surface area (Å²) in [6.07, 6.45) is 11.3. The maximum Gasteiger partial charge on any atom is 0.329 e. The number of amides is 1. The molecule has 3 heterocycles. The molecule has 0 aromatic rings. The number of ketones is 3. The van der Waals surface area contributed by atoms with Crippen LogP contribution in [0.4, 0.5) is 0 Å². The smallest absolute Gasteiger partial charge is 0.329 e. The van der Waals surface area contributed by atoms with E-state index in [0.717, 1.165) is 6.42 Å². The average molecular weight is 870 g/mol. The van der Waals surface area contributed by atoms with Crippen LogP contribution >= 0.6 is 0 Å². The van der Waals surface area contributed by atoms with E-state index in [0.29, 0.717) is 62.5 Å². The number of fused-ring (bicyclic) bond motifs is 3. The molecule has 0 spiro atoms. The van der Waals surface area contributed by atoms with E-state index in [2.05, 4.69) is 0 Å². The maximum atomic E-state index is 14.3. The quantitative estimate of drug-likeness (QED) is 0.149. The van der Waals surface area contributed by atoms with Crippen molar-refractivity contribution in [2.75, 3.05) is 13.7 Å². The lowest BCUT2D eigenvalue weighted by Gasteiger charge is -2.42. The number of methoxy groups -OCH3 is 1. The highest BCUT2D eigenvalue weighted by molar-refractivity contribution is 6.39. The first kappa shape index (κ1) is 51.3. The molecular weight excluding hydrogens is 795 g/mol. The Bertz CT molecular complexity index is 1690. The molecule has 1 amide bonds. The number of piperidine rings is 1. The molecule has 62 heavy (non-hydrogen) atoms. The van der Waals surface area contributed by atoms with Crippen LogP contribution in [-0.4, -0.2) is 117 Å². The molecule has 348 valence electrons. The zero-order chi connectivity index (χ0) is 45.9. The predicted octanol–water partition coefficient (Wildman–Crippen LogP) is 5.90. The van der Waals surface area contributed by atoms with Crippen molar-refractivity contribution in [2.45, 2.75) is 180 Å². The van der Waals surface area contributed by atoms with Crippen LogP contribution in [0.2, 0.25) is 0 Å². The summed E-state index contributed by atoms with van der Waals surface area (Å²) in [4.78, 5) is 70.8. The number of cyclic esters (lactones) is 1. The zero-order valence-electron chi connectivity index (χ0n) is 38.4. The van der Waals surface area contributed by atoms with Crippen molar-refractivity contribution in [3.63, 3.8) is 0 Å². The Morgan fingerprint density at radius 2 is 1.56 bits per heavy atom. The van der Waals surface area contributed by atoms with Gasteiger partial charge < -0.3 is 39.5 Å². The first-order chi connectivity index (χ1) is 29.2. The summed E-state index contributed by atoms with van der Waals surface area (Å²) in [6.45, 7) is 12.6. The van der Waals surface area contributed by atoms with E-state index < -0.39 is 71.8 Å². The SMILES string of the molecule is COC1CC(CC(C)C2CC(=O)C(C)C=C(C)C(O)CC(=O)C(C)CC(C)C=CC=CC=C(C)C(O)CC3CCC(C)C(O)(O3)C(=O)C(=O)N3CCCCC3C(=O)O2)CCC1O. The Morgan fingerprint density at radius 1 is 0.839 bits per heavy atom. The minimum atomic E-state index is -2.47. The van der Waals surface area contributed by atoms with E-state index in [1.54, 1.807) is 53.0 Å². The Kier molecular flexibility index (Phi) is 19.5. The third-order valence-electron chi connectivity index (χ3n) is 13.9. The number of aliphatic hydroxyl groups excluding tert-OH is 3. The third-order valence-corrected chi connectivity index (χ3v) is 13.9. The molecular formula is C49H75NO12. The highest BCUT2D eigenvalue weighted by atomic mass is 16.6. The van der Waals surface area contributed by atoms with Crippen molar-refractivity contribution >= 4 is 29.2 Å². The number of Topliss-reactive ketones (excluding diaryl/α,β-unsaturated/α-hetero) is 3. The second-order valence-corrected chi connectivity index (χ2v) is 19.1. The van der Waals surface area contributed by atoms with Crippen molar-refractivity contribution in [2.24, 2.45) is 35.5 Å². The van der Waals surface area contributed by atoms with Crippen LogP contribution in [0.5, 0.6) is 0 Å². The van der Waals surface area contributed by atoms with Crippen LogP contribution in [0.15, 0.2) is 47.6 Å². The molecule has 13 nitrogen and oxygen atoms in total. The van der Waals surface area contributed by atoms with Gasteiger partial charge in [0.1, 0.15) is 23.7 Å². The van der Waals surface area contributed by atoms with E-state index in [9.17, 15) is 44.4 Å². The fraction of sp³-hybridized carbons (Fsp3) is 0.735. The summed E-state index contributed by atoms with van der Waals surface area (Å²) >= 11 is 0. The number of hydrogen-bond acceptors (Lipinski definition) is 12. The van der Waals surface area contributed by atoms with Gasteiger partial charge in [0.05, 0.1) is 30.5 Å². The number of nitrogens with zero attached hydrogens (tertiary/aromatic N) is 1. The molecule has 4 rings (SSSR count). The van der Waals surface area contributed by atoms with Gasteiger partial charge in [-0.05, 0) is 107 Å². The lowest BCUT2D eigenvalue weighted by Crippen LogP contribution is -2.61. The molecule has 4 N–H and O–H groups in total. The molecule has 14 unspecified atom stereocenters. The Balaban J connectivity index is 1.66. The molecule has 14 atom stereocenters. The normalized spacial score (nSPS) is 37.9. The van der Waals surface area contributed by atoms with Crippen molar-refractivity contribution in [3.05, 3.63) is 47.6 Å². The molecule has 0 radical (unpaired) electrons. The van der Waals surface area contributed by atoms with E-state index >= 15 is 0 Å². The molecule has 1 aliphatic carbocycles. The number of carbonyl (C=O) groups excluding carboxylic acids is 5. The number of ether oxygens (including phenoxy) is 3. The largest absolute Gasteiger partial charge is 0.460 e. The van der Waals surface area contributed by atoms with Gasteiger partial charge in [0.25, 0.3) is 11.7 Å². The fourth-order valence-corrected chi connectivity index (χ4v) is 9.51. The van der Waals surface area contributed by atoms with Gasteiger partial charge in [-0.3, -0.25) is 19.2 Å². The molecule has 3 fully saturated rings. The molecule has 3 aliphatic heterocycles. The fourth-order valence-electron chi connectivity index (χ4n) is 9.51. The molecule has 0 aromatic carbocycles. The molecule has 1 saturated carbocycles. The molecule has 2 saturated heterocycles. The Hall–Kier alpha value is -3.33. The van der Waals surface area contributed by atoms with Gasteiger partial charge in [0.2, 0.25) is 5.79 Å². The second-order valence-electron chi connectivity index (χ2n) is 19.1. The highest BCUT2D eigenvalue weighted by Crippen LogP contribution is 2.37. The van der Waals surface area contributed by atoms with Gasteiger partial charge in [-0.15, -0.1) is 0 Å². The van der Waals surface area contributed by atoms with E-state index in [1.165, 1.54) is 4.90 Å². The Labute approximate surface area is 369 Å². The van der Waals surface area contributed by atoms with Crippen LogP contribution in [0, 0.1) is 35.5 Å². The first-order valence-electron chi connectivity index (χ1n) is 23.0. The third kappa shape index (κ3) is 13.8. The number of carbonyl (C=O) groups is 5. The van der Waals surface area contributed by atoms with Gasteiger partial charge in [0, 0.05) is 50.7 Å². The molecule has 13 heteroatoms. The number of aliphatic hydroxyl groups is 4. The van der Waals surface area contributed by atoms with Crippen LogP contribution in [0.3, 0.4) is 0 Å². The molecule has 2 bridgehead atoms. The molecule has 0 aromatic heterocycles. The highest BCUT2D eigenvalue weighted by Gasteiger charge is 2.53. The lowest BCUT2D eigenvalue weighted by atomic mass is 9.78. The van der Waals surface area contributed by atoms with Gasteiger partial charge in [-0.25, -0.2) is 4.79 Å². The van der Waals surface area contributed by atoms with Crippen molar-refractivity contribution in [1.29, 1.82) is 0 Å². The summed E-state index contributed by atoms with van der Waals surface area (Å²) in [5, 5.41) is 44.4. The van der Waals surface area contributed by atoms with Gasteiger partial charge in [-0.2, -0.15) is 0 Å². The summed E-state index contributed by atoms with van der Waals surface area (Å²) in [6, 6.07) is -1.14. The second kappa shape index (κ2) is 23.6. The van der Waals surface area contributed by atoms with Gasteiger partial charge in [-0.1, -0.05) is 71.1 Å². The standard InChI is InChI=1S/C49H75NO12/c1-29-14-10-9-11-15-30(2)40(52)26-37-19-17-35(7)49(59,62-37)46(56)47(57)50-21-13-12-16-38(50)48(58)61-44(34(6)24-36-18-20-39(51)45(25-36)60-8)28-43(55)33(5)23-32(4)42(54)27-41(53)31(3)22-29/h9-11,14-15,23,29,31,33-40,42,44-45,51-52,54,59H,12-13,16-22,24-28H2,1-8H3. The van der Waals surface area contributed by atoms with E-state index in [4.69, 9.17) is 14.2 Å². The average Bonchev–Trinajstić information content (AvgIpc) is 3.23. The minimum Gasteiger partial charge on any atom is -0.460 e. The summed E-state index contributed by atoms with van der Waals surface area (Å²) in [5.74, 6) is -7.65.